The first-order valence-corrected chi connectivity index (χ1v) is 12.1. The molecule has 0 aliphatic carbocycles. The number of carbonyl (C=O) groups excluding carboxylic acids is 3. The lowest BCUT2D eigenvalue weighted by atomic mass is 9.99. The number of ether oxygens (including phenoxy) is 1. The highest BCUT2D eigenvalue weighted by Crippen LogP contribution is 2.24. The van der Waals surface area contributed by atoms with Crippen LogP contribution < -0.4 is 10.6 Å². The molecule has 8 heteroatoms. The van der Waals surface area contributed by atoms with Crippen molar-refractivity contribution >= 4 is 17.9 Å². The maximum absolute atomic E-state index is 14.0. The monoisotopic (exact) mass is 497 g/mol. The molecule has 0 bridgehead atoms. The Morgan fingerprint density at radius 2 is 1.47 bits per heavy atom. The highest BCUT2D eigenvalue weighted by atomic mass is 16.6. The predicted molar refractivity (Wildman–Crippen MR) is 139 cm³/mol. The molecule has 0 fully saturated rings. The smallest absolute Gasteiger partial charge is 0.408 e. The Balaban J connectivity index is 2.48. The van der Waals surface area contributed by atoms with Crippen LogP contribution in [0.1, 0.15) is 58.7 Å². The Kier molecular flexibility index (Phi) is 10.0. The third-order valence-corrected chi connectivity index (χ3v) is 5.07. The van der Waals surface area contributed by atoms with Crippen molar-refractivity contribution in [2.75, 3.05) is 13.2 Å². The summed E-state index contributed by atoms with van der Waals surface area (Å²) in [5, 5.41) is 15.5. The van der Waals surface area contributed by atoms with Gasteiger partial charge in [0.05, 0.1) is 6.61 Å². The molecule has 0 heterocycles. The van der Waals surface area contributed by atoms with Gasteiger partial charge in [0.25, 0.3) is 0 Å². The molecular formula is C28H39N3O5. The van der Waals surface area contributed by atoms with Gasteiger partial charge in [-0.15, -0.1) is 0 Å². The van der Waals surface area contributed by atoms with E-state index in [2.05, 4.69) is 10.6 Å². The third kappa shape index (κ3) is 9.34. The van der Waals surface area contributed by atoms with Gasteiger partial charge in [0.15, 0.2) is 0 Å². The maximum Gasteiger partial charge on any atom is 0.408 e. The number of aliphatic hydroxyl groups is 1. The van der Waals surface area contributed by atoms with Crippen LogP contribution in [-0.2, 0) is 20.7 Å². The van der Waals surface area contributed by atoms with Crippen LogP contribution in [0.2, 0.25) is 0 Å². The Bertz CT molecular complexity index is 997. The molecule has 2 unspecified atom stereocenters. The van der Waals surface area contributed by atoms with Crippen molar-refractivity contribution in [3.8, 4) is 0 Å². The minimum absolute atomic E-state index is 0.1000. The van der Waals surface area contributed by atoms with Crippen molar-refractivity contribution in [2.45, 2.75) is 71.2 Å². The predicted octanol–water partition coefficient (Wildman–Crippen LogP) is 3.60. The summed E-state index contributed by atoms with van der Waals surface area (Å²) in [5.74, 6) is -0.886. The Morgan fingerprint density at radius 1 is 0.917 bits per heavy atom. The van der Waals surface area contributed by atoms with Gasteiger partial charge in [-0.05, 0) is 52.7 Å². The lowest BCUT2D eigenvalue weighted by Gasteiger charge is -2.35. The van der Waals surface area contributed by atoms with Crippen LogP contribution in [0, 0.1) is 0 Å². The molecule has 2 rings (SSSR count). The number of hydrogen-bond donors (Lipinski definition) is 3. The van der Waals surface area contributed by atoms with Gasteiger partial charge >= 0.3 is 6.09 Å². The maximum atomic E-state index is 14.0. The van der Waals surface area contributed by atoms with Gasteiger partial charge in [-0.1, -0.05) is 60.7 Å². The molecule has 196 valence electrons. The number of aliphatic hydroxyl groups excluding tert-OH is 1. The lowest BCUT2D eigenvalue weighted by molar-refractivity contribution is -0.143. The molecule has 0 aromatic heterocycles. The van der Waals surface area contributed by atoms with E-state index in [4.69, 9.17) is 4.74 Å². The van der Waals surface area contributed by atoms with Crippen LogP contribution in [0.15, 0.2) is 60.7 Å². The summed E-state index contributed by atoms with van der Waals surface area (Å²) < 4.78 is 5.40. The van der Waals surface area contributed by atoms with Crippen molar-refractivity contribution < 1.29 is 24.2 Å². The van der Waals surface area contributed by atoms with Crippen LogP contribution in [-0.4, -0.2) is 58.2 Å². The molecule has 2 aromatic carbocycles. The number of rotatable bonds is 9. The average molecular weight is 498 g/mol. The molecule has 0 radical (unpaired) electrons. The van der Waals surface area contributed by atoms with Crippen molar-refractivity contribution in [3.05, 3.63) is 71.8 Å². The second-order valence-corrected chi connectivity index (χ2v) is 10.7. The molecule has 0 spiro atoms. The number of amides is 3. The summed E-state index contributed by atoms with van der Waals surface area (Å²) in [6.45, 7) is 10.3. The quantitative estimate of drug-likeness (QED) is 0.491. The first kappa shape index (κ1) is 28.8. The standard InChI is InChI=1S/C28H39N3O5/c1-27(2,3)30-24(33)23(21-15-11-8-12-16-21)31(17-18-32)25(34)22(19-20-13-9-7-10-14-20)29-26(35)36-28(4,5)6/h7-16,22-23,32H,17-19H2,1-6H3,(H,29,35)(H,30,33). The van der Waals surface area contributed by atoms with Crippen molar-refractivity contribution in [1.82, 2.24) is 15.5 Å². The summed E-state index contributed by atoms with van der Waals surface area (Å²) in [5.41, 5.74) is 0.119. The molecule has 8 nitrogen and oxygen atoms in total. The summed E-state index contributed by atoms with van der Waals surface area (Å²) in [7, 11) is 0. The number of carbonyl (C=O) groups is 3. The summed E-state index contributed by atoms with van der Waals surface area (Å²) in [6.07, 6.45) is -0.556. The lowest BCUT2D eigenvalue weighted by Crippen LogP contribution is -2.55. The molecular weight excluding hydrogens is 458 g/mol. The second kappa shape index (κ2) is 12.5. The second-order valence-electron chi connectivity index (χ2n) is 10.7. The van der Waals surface area contributed by atoms with E-state index in [1.807, 2.05) is 57.2 Å². The van der Waals surface area contributed by atoms with E-state index >= 15 is 0 Å². The molecule has 0 aliphatic rings. The van der Waals surface area contributed by atoms with E-state index in [0.717, 1.165) is 5.56 Å². The fourth-order valence-corrected chi connectivity index (χ4v) is 3.72. The summed E-state index contributed by atoms with van der Waals surface area (Å²) in [4.78, 5) is 41.5. The molecule has 36 heavy (non-hydrogen) atoms. The number of alkyl carbamates (subject to hydrolysis) is 1. The zero-order valence-electron chi connectivity index (χ0n) is 22.1. The first-order chi connectivity index (χ1) is 16.8. The molecule has 2 aromatic rings. The van der Waals surface area contributed by atoms with Crippen molar-refractivity contribution in [2.24, 2.45) is 0 Å². The molecule has 2 atom stereocenters. The first-order valence-electron chi connectivity index (χ1n) is 12.1. The topological polar surface area (TPSA) is 108 Å². The van der Waals surface area contributed by atoms with Crippen molar-refractivity contribution in [3.63, 3.8) is 0 Å². The normalized spacial score (nSPS) is 13.3. The Hall–Kier alpha value is -3.39. The zero-order valence-corrected chi connectivity index (χ0v) is 22.1. The Labute approximate surface area is 214 Å². The SMILES string of the molecule is CC(C)(C)NC(=O)C(c1ccccc1)N(CCO)C(=O)C(Cc1ccccc1)NC(=O)OC(C)(C)C. The van der Waals surface area contributed by atoms with Gasteiger partial charge in [-0.2, -0.15) is 0 Å². The number of hydrogen-bond acceptors (Lipinski definition) is 5. The van der Waals surface area contributed by atoms with E-state index in [-0.39, 0.29) is 25.5 Å². The average Bonchev–Trinajstić information content (AvgIpc) is 2.77. The third-order valence-electron chi connectivity index (χ3n) is 5.07. The van der Waals surface area contributed by atoms with Gasteiger partial charge in [0, 0.05) is 18.5 Å². The van der Waals surface area contributed by atoms with Crippen molar-refractivity contribution in [1.29, 1.82) is 0 Å². The minimum atomic E-state index is -1.03. The van der Waals surface area contributed by atoms with E-state index < -0.39 is 35.2 Å². The number of benzene rings is 2. The van der Waals surface area contributed by atoms with E-state index in [9.17, 15) is 19.5 Å². The fourth-order valence-electron chi connectivity index (χ4n) is 3.72. The van der Waals surface area contributed by atoms with Gasteiger partial charge in [0.2, 0.25) is 11.8 Å². The molecule has 0 saturated heterocycles. The molecule has 0 aliphatic heterocycles. The molecule has 3 N–H and O–H groups in total. The summed E-state index contributed by atoms with van der Waals surface area (Å²) in [6, 6.07) is 16.2. The highest BCUT2D eigenvalue weighted by molar-refractivity contribution is 5.92. The largest absolute Gasteiger partial charge is 0.444 e. The summed E-state index contributed by atoms with van der Waals surface area (Å²) >= 11 is 0. The molecule has 3 amide bonds. The number of nitrogens with one attached hydrogen (secondary N) is 2. The highest BCUT2D eigenvalue weighted by Gasteiger charge is 2.37. The van der Waals surface area contributed by atoms with Crippen LogP contribution in [0.5, 0.6) is 0 Å². The van der Waals surface area contributed by atoms with E-state index in [0.29, 0.717) is 5.56 Å². The van der Waals surface area contributed by atoms with Crippen LogP contribution in [0.4, 0.5) is 4.79 Å². The van der Waals surface area contributed by atoms with Gasteiger partial charge in [0.1, 0.15) is 17.7 Å². The number of nitrogens with zero attached hydrogens (tertiary/aromatic N) is 1. The molecule has 0 saturated carbocycles. The fraction of sp³-hybridized carbons (Fsp3) is 0.464. The van der Waals surface area contributed by atoms with Crippen LogP contribution in [0.3, 0.4) is 0 Å². The minimum Gasteiger partial charge on any atom is -0.444 e. The van der Waals surface area contributed by atoms with Crippen LogP contribution >= 0.6 is 0 Å². The van der Waals surface area contributed by atoms with Gasteiger partial charge in [-0.3, -0.25) is 9.59 Å². The Morgan fingerprint density at radius 3 is 1.97 bits per heavy atom. The zero-order chi connectivity index (χ0) is 26.9. The van der Waals surface area contributed by atoms with Gasteiger partial charge < -0.3 is 25.4 Å². The van der Waals surface area contributed by atoms with Gasteiger partial charge in [-0.25, -0.2) is 4.79 Å². The van der Waals surface area contributed by atoms with Crippen LogP contribution in [0.25, 0.3) is 0 Å². The van der Waals surface area contributed by atoms with E-state index in [1.165, 1.54) is 4.90 Å². The van der Waals surface area contributed by atoms with E-state index in [1.54, 1.807) is 45.0 Å².